The zero-order chi connectivity index (χ0) is 45.0. The number of ether oxygens (including phenoxy) is 4. The molecule has 352 valence electrons. The first kappa shape index (κ1) is 56.9. The molecule has 0 aromatic carbocycles. The second kappa shape index (κ2) is 43.1. The third-order valence-electron chi connectivity index (χ3n) is 10.2. The average Bonchev–Trinajstić information content (AvgIpc) is 3.27. The molecule has 0 saturated carbocycles. The van der Waals surface area contributed by atoms with Crippen molar-refractivity contribution in [3.8, 4) is 0 Å². The van der Waals surface area contributed by atoms with Gasteiger partial charge in [-0.3, -0.25) is 4.79 Å². The molecule has 4 N–H and O–H groups in total. The molecule has 6 unspecified atom stereocenters. The first-order chi connectivity index (χ1) is 30.4. The maximum Gasteiger partial charge on any atom is 0.306 e. The molecule has 1 rings (SSSR count). The summed E-state index contributed by atoms with van der Waals surface area (Å²) in [5.74, 6) is -0.362. The van der Waals surface area contributed by atoms with Gasteiger partial charge in [0, 0.05) is 13.0 Å². The molecule has 1 fully saturated rings. The average molecular weight is 867 g/mol. The maximum absolute atomic E-state index is 12.8. The predicted molar refractivity (Wildman–Crippen MR) is 256 cm³/mol. The molecule has 0 amide bonds. The van der Waals surface area contributed by atoms with Crippen LogP contribution >= 0.6 is 0 Å². The minimum absolute atomic E-state index is 0.114. The number of allylic oxidation sites excluding steroid dienone is 18. The molecule has 1 aliphatic heterocycles. The van der Waals surface area contributed by atoms with Crippen molar-refractivity contribution in [2.24, 2.45) is 0 Å². The number of rotatable bonds is 39. The summed E-state index contributed by atoms with van der Waals surface area (Å²) in [6.45, 7) is 4.23. The highest BCUT2D eigenvalue weighted by molar-refractivity contribution is 5.69. The SMILES string of the molecule is CC/C=C\C/C=C\C/C=C\C/C=C\C/C=C\CCCCCCCCCCOCC(COC1OC(CO)C(O)C(O)C1O)OC(=O)CCCC/C=C\C/C=C\C/C=C\C/C=C\CC. The van der Waals surface area contributed by atoms with Crippen LogP contribution in [0.25, 0.3) is 0 Å². The Labute approximate surface area is 376 Å². The summed E-state index contributed by atoms with van der Waals surface area (Å²) in [4.78, 5) is 12.8. The molecular formula is C53H86O9. The van der Waals surface area contributed by atoms with Crippen molar-refractivity contribution < 1.29 is 44.2 Å². The molecule has 1 heterocycles. The highest BCUT2D eigenvalue weighted by atomic mass is 16.7. The minimum atomic E-state index is -1.55. The van der Waals surface area contributed by atoms with E-state index in [1.807, 2.05) is 0 Å². The zero-order valence-corrected chi connectivity index (χ0v) is 38.6. The summed E-state index contributed by atoms with van der Waals surface area (Å²) >= 11 is 0. The zero-order valence-electron chi connectivity index (χ0n) is 38.6. The highest BCUT2D eigenvalue weighted by Crippen LogP contribution is 2.22. The number of aliphatic hydroxyl groups excluding tert-OH is 4. The summed E-state index contributed by atoms with van der Waals surface area (Å²) in [7, 11) is 0. The van der Waals surface area contributed by atoms with E-state index in [2.05, 4.69) is 123 Å². The standard InChI is InChI=1S/C53H86O9/c1-3-5-7-9-11-13-15-17-19-20-21-22-23-24-25-26-27-29-31-33-35-37-39-41-43-59-45-47(46-60-53-52(58)51(57)50(56)48(44-54)62-53)61-49(55)42-40-38-36-34-32-30-28-18-16-14-12-10-8-6-4-2/h5-8,11-14,17-19,21-22,24-25,28,32,34,47-48,50-54,56-58H,3-4,9-10,15-16,20,23,26-27,29-31,33,35-46H2,1-2H3/b7-5-,8-6-,13-11-,14-12-,19-17-,22-21-,25-24-,28-18-,34-32-. The molecule has 0 aromatic rings. The number of aliphatic hydroxyl groups is 4. The summed E-state index contributed by atoms with van der Waals surface area (Å²) in [6.07, 6.45) is 54.1. The van der Waals surface area contributed by atoms with Crippen LogP contribution in [0.2, 0.25) is 0 Å². The van der Waals surface area contributed by atoms with Crippen molar-refractivity contribution in [1.29, 1.82) is 0 Å². The Morgan fingerprint density at radius 2 is 0.935 bits per heavy atom. The van der Waals surface area contributed by atoms with E-state index in [-0.39, 0.29) is 25.6 Å². The Balaban J connectivity index is 2.26. The fraction of sp³-hybridized carbons (Fsp3) is 0.642. The number of carbonyl (C=O) groups is 1. The van der Waals surface area contributed by atoms with Gasteiger partial charge in [-0.2, -0.15) is 0 Å². The summed E-state index contributed by atoms with van der Waals surface area (Å²) in [5, 5.41) is 40.2. The number of unbranched alkanes of at least 4 members (excludes halogenated alkanes) is 10. The van der Waals surface area contributed by atoms with Crippen LogP contribution in [0.4, 0.5) is 0 Å². The fourth-order valence-electron chi connectivity index (χ4n) is 6.51. The third kappa shape index (κ3) is 33.4. The Hall–Kier alpha value is -3.15. The Bertz CT molecular complexity index is 1310. The van der Waals surface area contributed by atoms with Crippen molar-refractivity contribution in [3.05, 3.63) is 109 Å². The largest absolute Gasteiger partial charge is 0.457 e. The van der Waals surface area contributed by atoms with Crippen LogP contribution < -0.4 is 0 Å². The second-order valence-electron chi connectivity index (χ2n) is 15.8. The van der Waals surface area contributed by atoms with Crippen LogP contribution in [0.3, 0.4) is 0 Å². The smallest absolute Gasteiger partial charge is 0.306 e. The minimum Gasteiger partial charge on any atom is -0.457 e. The van der Waals surface area contributed by atoms with Gasteiger partial charge in [0.05, 0.1) is 19.8 Å². The molecule has 9 heteroatoms. The molecule has 0 spiro atoms. The molecule has 1 aliphatic rings. The predicted octanol–water partition coefficient (Wildman–Crippen LogP) is 11.4. The second-order valence-corrected chi connectivity index (χ2v) is 15.8. The van der Waals surface area contributed by atoms with E-state index >= 15 is 0 Å². The van der Waals surface area contributed by atoms with Gasteiger partial charge in [0.2, 0.25) is 0 Å². The Morgan fingerprint density at radius 1 is 0.516 bits per heavy atom. The lowest BCUT2D eigenvalue weighted by atomic mass is 9.99. The molecule has 1 saturated heterocycles. The highest BCUT2D eigenvalue weighted by Gasteiger charge is 2.44. The van der Waals surface area contributed by atoms with E-state index < -0.39 is 43.4 Å². The van der Waals surface area contributed by atoms with E-state index in [1.54, 1.807) is 0 Å². The van der Waals surface area contributed by atoms with Gasteiger partial charge in [-0.1, -0.05) is 162 Å². The van der Waals surface area contributed by atoms with Gasteiger partial charge in [0.1, 0.15) is 30.5 Å². The molecule has 9 nitrogen and oxygen atoms in total. The lowest BCUT2D eigenvalue weighted by Gasteiger charge is -2.39. The van der Waals surface area contributed by atoms with Crippen LogP contribution in [-0.4, -0.2) is 89.6 Å². The normalized spacial score (nSPS) is 20.8. The van der Waals surface area contributed by atoms with Gasteiger partial charge in [0.15, 0.2) is 6.29 Å². The van der Waals surface area contributed by atoms with Crippen molar-refractivity contribution in [2.75, 3.05) is 26.4 Å². The van der Waals surface area contributed by atoms with Crippen molar-refractivity contribution in [2.45, 2.75) is 192 Å². The van der Waals surface area contributed by atoms with Gasteiger partial charge in [-0.05, 0) is 96.3 Å². The van der Waals surface area contributed by atoms with E-state index in [9.17, 15) is 25.2 Å². The first-order valence-corrected chi connectivity index (χ1v) is 24.0. The topological polar surface area (TPSA) is 135 Å². The van der Waals surface area contributed by atoms with Crippen molar-refractivity contribution >= 4 is 5.97 Å². The summed E-state index contributed by atoms with van der Waals surface area (Å²) in [5.41, 5.74) is 0. The third-order valence-corrected chi connectivity index (χ3v) is 10.2. The number of carbonyl (C=O) groups excluding carboxylic acids is 1. The summed E-state index contributed by atoms with van der Waals surface area (Å²) in [6, 6.07) is 0. The Kier molecular flexibility index (Phi) is 39.5. The monoisotopic (exact) mass is 867 g/mol. The van der Waals surface area contributed by atoms with Gasteiger partial charge in [-0.15, -0.1) is 0 Å². The van der Waals surface area contributed by atoms with Crippen LogP contribution in [0.5, 0.6) is 0 Å². The van der Waals surface area contributed by atoms with Gasteiger partial charge in [0.25, 0.3) is 0 Å². The van der Waals surface area contributed by atoms with Crippen LogP contribution in [-0.2, 0) is 23.7 Å². The van der Waals surface area contributed by atoms with Gasteiger partial charge in [-0.25, -0.2) is 0 Å². The van der Waals surface area contributed by atoms with Gasteiger partial charge >= 0.3 is 5.97 Å². The molecule has 0 bridgehead atoms. The maximum atomic E-state index is 12.8. The number of hydrogen-bond donors (Lipinski definition) is 4. The lowest BCUT2D eigenvalue weighted by molar-refractivity contribution is -0.305. The van der Waals surface area contributed by atoms with E-state index in [0.29, 0.717) is 13.0 Å². The first-order valence-electron chi connectivity index (χ1n) is 24.0. The molecule has 62 heavy (non-hydrogen) atoms. The van der Waals surface area contributed by atoms with E-state index in [4.69, 9.17) is 18.9 Å². The summed E-state index contributed by atoms with van der Waals surface area (Å²) < 4.78 is 22.8. The number of hydrogen-bond acceptors (Lipinski definition) is 9. The fourth-order valence-corrected chi connectivity index (χ4v) is 6.51. The molecular weight excluding hydrogens is 781 g/mol. The molecule has 0 aliphatic carbocycles. The van der Waals surface area contributed by atoms with Crippen LogP contribution in [0.15, 0.2) is 109 Å². The van der Waals surface area contributed by atoms with E-state index in [0.717, 1.165) is 96.3 Å². The van der Waals surface area contributed by atoms with Crippen molar-refractivity contribution in [1.82, 2.24) is 0 Å². The van der Waals surface area contributed by atoms with Crippen LogP contribution in [0, 0.1) is 0 Å². The molecule has 6 atom stereocenters. The Morgan fingerprint density at radius 3 is 1.40 bits per heavy atom. The number of esters is 1. The van der Waals surface area contributed by atoms with E-state index in [1.165, 1.54) is 32.1 Å². The lowest BCUT2D eigenvalue weighted by Crippen LogP contribution is -2.59. The van der Waals surface area contributed by atoms with Crippen LogP contribution in [0.1, 0.15) is 155 Å². The van der Waals surface area contributed by atoms with Gasteiger partial charge < -0.3 is 39.4 Å². The van der Waals surface area contributed by atoms with Crippen molar-refractivity contribution in [3.63, 3.8) is 0 Å². The molecule has 0 aromatic heterocycles. The molecule has 0 radical (unpaired) electrons. The quantitative estimate of drug-likeness (QED) is 0.0271.